The van der Waals surface area contributed by atoms with Gasteiger partial charge in [-0.05, 0) is 28.1 Å². The maximum atomic E-state index is 4.40. The fourth-order valence-electron chi connectivity index (χ4n) is 1.89. The predicted octanol–water partition coefficient (Wildman–Crippen LogP) is 4.33. The van der Waals surface area contributed by atoms with Crippen LogP contribution >= 0.6 is 31.9 Å². The highest BCUT2D eigenvalue weighted by atomic mass is 79.9. The summed E-state index contributed by atoms with van der Waals surface area (Å²) >= 11 is 7.03. The molecule has 1 heterocycles. The third-order valence-corrected chi connectivity index (χ3v) is 3.70. The third kappa shape index (κ3) is 3.04. The molecule has 0 aliphatic heterocycles. The van der Waals surface area contributed by atoms with Crippen LogP contribution in [0, 0.1) is 0 Å². The molecule has 0 saturated carbocycles. The second-order valence-electron chi connectivity index (χ2n) is 3.96. The molecule has 0 amide bonds. The summed E-state index contributed by atoms with van der Waals surface area (Å²) in [5.41, 5.74) is 0.895. The minimum Gasteiger partial charge on any atom is -0.349 e. The summed E-state index contributed by atoms with van der Waals surface area (Å²) in [6.07, 6.45) is 5.28. The number of hydrogen-bond acceptors (Lipinski definition) is 3. The average molecular weight is 383 g/mol. The molecule has 0 aliphatic carbocycles. The zero-order chi connectivity index (χ0) is 13.8. The van der Waals surface area contributed by atoms with Gasteiger partial charge in [0.25, 0.3) is 0 Å². The van der Waals surface area contributed by atoms with Crippen LogP contribution in [-0.2, 0) is 0 Å². The Bertz CT molecular complexity index is 615. The van der Waals surface area contributed by atoms with Gasteiger partial charge in [-0.25, -0.2) is 9.97 Å². The Kier molecular flexibility index (Phi) is 4.71. The molecule has 98 valence electrons. The Morgan fingerprint density at radius 3 is 2.42 bits per heavy atom. The van der Waals surface area contributed by atoms with Crippen LogP contribution in [0.2, 0.25) is 0 Å². The Balaban J connectivity index is 2.64. The molecule has 0 saturated heterocycles. The van der Waals surface area contributed by atoms with Crippen LogP contribution in [0.15, 0.2) is 52.7 Å². The standard InChI is InChI=1S/C14H13Br2N3/c1-3-5-19(6-4-2)14-11-7-10(15)8-12(16)13(11)17-9-18-14/h3-4,7-9H,1-2,5-6H2. The largest absolute Gasteiger partial charge is 0.349 e. The summed E-state index contributed by atoms with van der Waals surface area (Å²) in [6.45, 7) is 8.99. The van der Waals surface area contributed by atoms with Gasteiger partial charge >= 0.3 is 0 Å². The molecule has 19 heavy (non-hydrogen) atoms. The van der Waals surface area contributed by atoms with Gasteiger partial charge in [-0.15, -0.1) is 13.2 Å². The second kappa shape index (κ2) is 6.30. The molecule has 5 heteroatoms. The molecule has 0 atom stereocenters. The molecule has 2 aromatic rings. The number of nitrogens with zero attached hydrogens (tertiary/aromatic N) is 3. The van der Waals surface area contributed by atoms with Crippen molar-refractivity contribution in [2.45, 2.75) is 0 Å². The molecular formula is C14H13Br2N3. The van der Waals surface area contributed by atoms with Crippen LogP contribution in [0.4, 0.5) is 5.82 Å². The van der Waals surface area contributed by atoms with Crippen molar-refractivity contribution in [1.82, 2.24) is 9.97 Å². The van der Waals surface area contributed by atoms with Crippen LogP contribution in [0.3, 0.4) is 0 Å². The quantitative estimate of drug-likeness (QED) is 0.720. The van der Waals surface area contributed by atoms with Gasteiger partial charge in [0.05, 0.1) is 5.52 Å². The molecular weight excluding hydrogens is 370 g/mol. The van der Waals surface area contributed by atoms with Gasteiger partial charge in [0, 0.05) is 27.4 Å². The van der Waals surface area contributed by atoms with E-state index in [0.29, 0.717) is 13.1 Å². The highest BCUT2D eigenvalue weighted by molar-refractivity contribution is 9.11. The summed E-state index contributed by atoms with van der Waals surface area (Å²) < 4.78 is 1.93. The van der Waals surface area contributed by atoms with Crippen LogP contribution in [-0.4, -0.2) is 23.1 Å². The average Bonchev–Trinajstić information content (AvgIpc) is 2.38. The van der Waals surface area contributed by atoms with Crippen molar-refractivity contribution < 1.29 is 0 Å². The highest BCUT2D eigenvalue weighted by Crippen LogP contribution is 2.31. The van der Waals surface area contributed by atoms with Crippen molar-refractivity contribution in [1.29, 1.82) is 0 Å². The molecule has 0 radical (unpaired) electrons. The summed E-state index contributed by atoms with van der Waals surface area (Å²) in [5, 5.41) is 0.993. The van der Waals surface area contributed by atoms with E-state index in [-0.39, 0.29) is 0 Å². The summed E-state index contributed by atoms with van der Waals surface area (Å²) in [6, 6.07) is 4.00. The van der Waals surface area contributed by atoms with Crippen LogP contribution in [0.25, 0.3) is 10.9 Å². The Hall–Kier alpha value is -1.20. The minimum atomic E-state index is 0.711. The first-order valence-corrected chi connectivity index (χ1v) is 7.32. The lowest BCUT2D eigenvalue weighted by Gasteiger charge is -2.21. The lowest BCUT2D eigenvalue weighted by atomic mass is 10.2. The number of anilines is 1. The van der Waals surface area contributed by atoms with E-state index in [1.54, 1.807) is 6.33 Å². The Labute approximate surface area is 129 Å². The van der Waals surface area contributed by atoms with Gasteiger partial charge in [-0.2, -0.15) is 0 Å². The summed E-state index contributed by atoms with van der Waals surface area (Å²) in [5.74, 6) is 0.881. The van der Waals surface area contributed by atoms with E-state index < -0.39 is 0 Å². The molecule has 0 unspecified atom stereocenters. The minimum absolute atomic E-state index is 0.711. The topological polar surface area (TPSA) is 29.0 Å². The van der Waals surface area contributed by atoms with Crippen molar-refractivity contribution in [3.05, 3.63) is 52.7 Å². The molecule has 0 fully saturated rings. The number of halogens is 2. The first-order valence-electron chi connectivity index (χ1n) is 5.74. The fourth-order valence-corrected chi connectivity index (χ4v) is 3.22. The number of aromatic nitrogens is 2. The molecule has 0 aliphatic rings. The van der Waals surface area contributed by atoms with Gasteiger partial charge in [-0.3, -0.25) is 0 Å². The normalized spacial score (nSPS) is 10.4. The van der Waals surface area contributed by atoms with Gasteiger partial charge in [0.15, 0.2) is 0 Å². The van der Waals surface area contributed by atoms with E-state index in [1.165, 1.54) is 0 Å². The third-order valence-electron chi connectivity index (χ3n) is 2.63. The van der Waals surface area contributed by atoms with Gasteiger partial charge in [-0.1, -0.05) is 28.1 Å². The zero-order valence-corrected chi connectivity index (χ0v) is 13.5. The van der Waals surface area contributed by atoms with E-state index in [1.807, 2.05) is 24.3 Å². The van der Waals surface area contributed by atoms with E-state index in [4.69, 9.17) is 0 Å². The predicted molar refractivity (Wildman–Crippen MR) is 87.5 cm³/mol. The van der Waals surface area contributed by atoms with E-state index in [0.717, 1.165) is 25.7 Å². The van der Waals surface area contributed by atoms with E-state index >= 15 is 0 Å². The first-order chi connectivity index (χ1) is 9.17. The SMILES string of the molecule is C=CCN(CC=C)c1ncnc2c(Br)cc(Br)cc12. The van der Waals surface area contributed by atoms with Crippen molar-refractivity contribution in [3.8, 4) is 0 Å². The van der Waals surface area contributed by atoms with Crippen LogP contribution < -0.4 is 4.90 Å². The Morgan fingerprint density at radius 2 is 1.79 bits per heavy atom. The molecule has 1 aromatic heterocycles. The fraction of sp³-hybridized carbons (Fsp3) is 0.143. The molecule has 3 nitrogen and oxygen atoms in total. The summed E-state index contributed by atoms with van der Waals surface area (Å²) in [4.78, 5) is 10.8. The van der Waals surface area contributed by atoms with Crippen LogP contribution in [0.5, 0.6) is 0 Å². The lowest BCUT2D eigenvalue weighted by Crippen LogP contribution is -2.24. The lowest BCUT2D eigenvalue weighted by molar-refractivity contribution is 0.928. The monoisotopic (exact) mass is 381 g/mol. The number of fused-ring (bicyclic) bond motifs is 1. The maximum absolute atomic E-state index is 4.40. The second-order valence-corrected chi connectivity index (χ2v) is 5.73. The molecule has 0 N–H and O–H groups in total. The van der Waals surface area contributed by atoms with E-state index in [2.05, 4.69) is 59.9 Å². The molecule has 0 spiro atoms. The zero-order valence-electron chi connectivity index (χ0n) is 10.3. The first kappa shape index (κ1) is 14.2. The maximum Gasteiger partial charge on any atom is 0.140 e. The van der Waals surface area contributed by atoms with Crippen molar-refractivity contribution in [2.75, 3.05) is 18.0 Å². The number of hydrogen-bond donors (Lipinski definition) is 0. The molecule has 1 aromatic carbocycles. The van der Waals surface area contributed by atoms with E-state index in [9.17, 15) is 0 Å². The molecule has 2 rings (SSSR count). The van der Waals surface area contributed by atoms with Crippen molar-refractivity contribution >= 4 is 48.6 Å². The smallest absolute Gasteiger partial charge is 0.140 e. The van der Waals surface area contributed by atoms with Gasteiger partial charge in [0.2, 0.25) is 0 Å². The Morgan fingerprint density at radius 1 is 1.11 bits per heavy atom. The molecule has 0 bridgehead atoms. The van der Waals surface area contributed by atoms with Gasteiger partial charge in [0.1, 0.15) is 12.1 Å². The number of rotatable bonds is 5. The van der Waals surface area contributed by atoms with Crippen molar-refractivity contribution in [2.24, 2.45) is 0 Å². The van der Waals surface area contributed by atoms with Gasteiger partial charge < -0.3 is 4.90 Å². The summed E-state index contributed by atoms with van der Waals surface area (Å²) in [7, 11) is 0. The highest BCUT2D eigenvalue weighted by Gasteiger charge is 2.12. The van der Waals surface area contributed by atoms with Crippen LogP contribution in [0.1, 0.15) is 0 Å². The number of benzene rings is 1. The van der Waals surface area contributed by atoms with Crippen molar-refractivity contribution in [3.63, 3.8) is 0 Å².